The molecule has 1 aromatic rings. The third kappa shape index (κ3) is 2.27. The van der Waals surface area contributed by atoms with Crippen LogP contribution in [0.15, 0.2) is 30.3 Å². The van der Waals surface area contributed by atoms with Crippen LogP contribution >= 0.6 is 0 Å². The van der Waals surface area contributed by atoms with Crippen molar-refractivity contribution >= 4 is 5.91 Å². The molecule has 0 spiro atoms. The monoisotopic (exact) mass is 258 g/mol. The van der Waals surface area contributed by atoms with E-state index in [1.165, 1.54) is 5.56 Å². The lowest BCUT2D eigenvalue weighted by atomic mass is 9.94. The molecule has 1 aliphatic heterocycles. The highest BCUT2D eigenvalue weighted by atomic mass is 16.2. The fourth-order valence-electron chi connectivity index (χ4n) is 3.08. The van der Waals surface area contributed by atoms with Gasteiger partial charge in [0.25, 0.3) is 0 Å². The second-order valence-corrected chi connectivity index (χ2v) is 5.67. The number of rotatable bonds is 3. The highest BCUT2D eigenvalue weighted by molar-refractivity contribution is 5.91. The van der Waals surface area contributed by atoms with Gasteiger partial charge < -0.3 is 9.80 Å². The Labute approximate surface area is 115 Å². The molecule has 1 aliphatic carbocycles. The van der Waals surface area contributed by atoms with E-state index in [-0.39, 0.29) is 5.41 Å². The lowest BCUT2D eigenvalue weighted by molar-refractivity contribution is -0.135. The average molecular weight is 258 g/mol. The molecule has 19 heavy (non-hydrogen) atoms. The summed E-state index contributed by atoms with van der Waals surface area (Å²) in [6, 6.07) is 10.3. The second-order valence-electron chi connectivity index (χ2n) is 5.67. The highest BCUT2D eigenvalue weighted by Gasteiger charge is 2.53. The van der Waals surface area contributed by atoms with Gasteiger partial charge >= 0.3 is 0 Å². The van der Waals surface area contributed by atoms with Crippen LogP contribution in [0.5, 0.6) is 0 Å². The van der Waals surface area contributed by atoms with Gasteiger partial charge in [0.2, 0.25) is 5.91 Å². The molecule has 0 radical (unpaired) electrons. The van der Waals surface area contributed by atoms with Crippen molar-refractivity contribution in [2.45, 2.75) is 25.2 Å². The molecule has 0 N–H and O–H groups in total. The number of benzene rings is 1. The Hall–Kier alpha value is -1.35. The number of likely N-dealkylation sites (N-methyl/N-ethyl adjacent to an activating group) is 1. The van der Waals surface area contributed by atoms with Crippen molar-refractivity contribution in [1.82, 2.24) is 9.80 Å². The Morgan fingerprint density at radius 2 is 1.74 bits per heavy atom. The smallest absolute Gasteiger partial charge is 0.233 e. The molecule has 102 valence electrons. The van der Waals surface area contributed by atoms with Crippen molar-refractivity contribution in [1.29, 1.82) is 0 Å². The first-order chi connectivity index (χ1) is 9.26. The predicted molar refractivity (Wildman–Crippen MR) is 76.0 cm³/mol. The minimum Gasteiger partial charge on any atom is -0.339 e. The van der Waals surface area contributed by atoms with Gasteiger partial charge in [-0.3, -0.25) is 4.79 Å². The fraction of sp³-hybridized carbons (Fsp3) is 0.562. The zero-order valence-corrected chi connectivity index (χ0v) is 11.6. The Morgan fingerprint density at radius 3 is 2.26 bits per heavy atom. The van der Waals surface area contributed by atoms with Gasteiger partial charge in [-0.15, -0.1) is 0 Å². The molecule has 0 atom stereocenters. The number of piperazine rings is 1. The summed E-state index contributed by atoms with van der Waals surface area (Å²) in [6.07, 6.45) is 2.04. The van der Waals surface area contributed by atoms with Crippen LogP contribution < -0.4 is 0 Å². The molecule has 1 saturated heterocycles. The van der Waals surface area contributed by atoms with E-state index in [1.807, 2.05) is 18.2 Å². The molecular weight excluding hydrogens is 236 g/mol. The quantitative estimate of drug-likeness (QED) is 0.826. The molecule has 3 nitrogen and oxygen atoms in total. The van der Waals surface area contributed by atoms with Gasteiger partial charge in [0.15, 0.2) is 0 Å². The normalized spacial score (nSPS) is 22.3. The summed E-state index contributed by atoms with van der Waals surface area (Å²) < 4.78 is 0. The number of hydrogen-bond donors (Lipinski definition) is 0. The largest absolute Gasteiger partial charge is 0.339 e. The third-order valence-corrected chi connectivity index (χ3v) is 4.59. The van der Waals surface area contributed by atoms with Crippen LogP contribution in [0.2, 0.25) is 0 Å². The van der Waals surface area contributed by atoms with Crippen LogP contribution in [0.25, 0.3) is 0 Å². The number of carbonyl (C=O) groups excluding carboxylic acids is 1. The van der Waals surface area contributed by atoms with Crippen molar-refractivity contribution in [3.63, 3.8) is 0 Å². The Balaban J connectivity index is 1.71. The minimum absolute atomic E-state index is 0.185. The second kappa shape index (κ2) is 4.97. The number of nitrogens with zero attached hydrogens (tertiary/aromatic N) is 2. The molecule has 0 bridgehead atoms. The molecule has 3 rings (SSSR count). The fourth-order valence-corrected chi connectivity index (χ4v) is 3.08. The van der Waals surface area contributed by atoms with Crippen molar-refractivity contribution in [3.05, 3.63) is 35.9 Å². The van der Waals surface area contributed by atoms with E-state index in [2.05, 4.69) is 28.9 Å². The van der Waals surface area contributed by atoms with Crippen molar-refractivity contribution in [3.8, 4) is 0 Å². The maximum Gasteiger partial charge on any atom is 0.233 e. The molecule has 1 heterocycles. The maximum atomic E-state index is 12.8. The van der Waals surface area contributed by atoms with Crippen molar-refractivity contribution in [2.75, 3.05) is 32.7 Å². The maximum absolute atomic E-state index is 12.8. The van der Waals surface area contributed by atoms with Crippen LogP contribution in [0.4, 0.5) is 0 Å². The zero-order valence-electron chi connectivity index (χ0n) is 11.6. The molecule has 2 aliphatic rings. The summed E-state index contributed by atoms with van der Waals surface area (Å²) in [7, 11) is 0. The first kappa shape index (κ1) is 12.7. The molecule has 1 aromatic carbocycles. The number of carbonyl (C=O) groups is 1. The highest BCUT2D eigenvalue weighted by Crippen LogP contribution is 2.49. The van der Waals surface area contributed by atoms with E-state index >= 15 is 0 Å². The summed E-state index contributed by atoms with van der Waals surface area (Å²) >= 11 is 0. The number of amides is 1. The lowest BCUT2D eigenvalue weighted by Crippen LogP contribution is -2.51. The van der Waals surface area contributed by atoms with Gasteiger partial charge in [0.1, 0.15) is 0 Å². The van der Waals surface area contributed by atoms with Crippen LogP contribution in [-0.2, 0) is 10.2 Å². The first-order valence-electron chi connectivity index (χ1n) is 7.33. The Bertz CT molecular complexity index is 445. The van der Waals surface area contributed by atoms with Gasteiger partial charge in [0, 0.05) is 26.2 Å². The van der Waals surface area contributed by atoms with E-state index in [1.54, 1.807) is 0 Å². The van der Waals surface area contributed by atoms with E-state index in [0.29, 0.717) is 5.91 Å². The van der Waals surface area contributed by atoms with Gasteiger partial charge in [-0.05, 0) is 24.9 Å². The summed E-state index contributed by atoms with van der Waals surface area (Å²) in [5.74, 6) is 0.356. The standard InChI is InChI=1S/C16H22N2O/c1-2-17-10-12-18(13-11-17)15(19)16(8-9-16)14-6-4-3-5-7-14/h3-7H,2,8-13H2,1H3. The van der Waals surface area contributed by atoms with E-state index in [9.17, 15) is 4.79 Å². The lowest BCUT2D eigenvalue weighted by Gasteiger charge is -2.36. The molecule has 1 saturated carbocycles. The molecule has 3 heteroatoms. The molecule has 0 unspecified atom stereocenters. The summed E-state index contributed by atoms with van der Waals surface area (Å²) in [4.78, 5) is 17.3. The summed E-state index contributed by atoms with van der Waals surface area (Å²) in [5, 5.41) is 0. The van der Waals surface area contributed by atoms with Crippen LogP contribution in [0.1, 0.15) is 25.3 Å². The molecule has 0 aromatic heterocycles. The molecule has 1 amide bonds. The third-order valence-electron chi connectivity index (χ3n) is 4.59. The molecule has 2 fully saturated rings. The molecular formula is C16H22N2O. The first-order valence-corrected chi connectivity index (χ1v) is 7.33. The van der Waals surface area contributed by atoms with Crippen LogP contribution in [-0.4, -0.2) is 48.4 Å². The van der Waals surface area contributed by atoms with Gasteiger partial charge in [0.05, 0.1) is 5.41 Å². The minimum atomic E-state index is -0.185. The topological polar surface area (TPSA) is 23.6 Å². The SMILES string of the molecule is CCN1CCN(C(=O)C2(c3ccccc3)CC2)CC1. The Kier molecular flexibility index (Phi) is 3.31. The summed E-state index contributed by atoms with van der Waals surface area (Å²) in [6.45, 7) is 7.10. The number of hydrogen-bond acceptors (Lipinski definition) is 2. The summed E-state index contributed by atoms with van der Waals surface area (Å²) in [5.41, 5.74) is 1.02. The van der Waals surface area contributed by atoms with Crippen LogP contribution in [0, 0.1) is 0 Å². The van der Waals surface area contributed by atoms with Crippen molar-refractivity contribution in [2.24, 2.45) is 0 Å². The Morgan fingerprint density at radius 1 is 1.11 bits per heavy atom. The van der Waals surface area contributed by atoms with Gasteiger partial charge in [-0.25, -0.2) is 0 Å². The predicted octanol–water partition coefficient (Wildman–Crippen LogP) is 1.88. The average Bonchev–Trinajstić information content (AvgIpc) is 3.29. The van der Waals surface area contributed by atoms with Gasteiger partial charge in [-0.1, -0.05) is 37.3 Å². The van der Waals surface area contributed by atoms with Crippen LogP contribution in [0.3, 0.4) is 0 Å². The van der Waals surface area contributed by atoms with E-state index < -0.39 is 0 Å². The van der Waals surface area contributed by atoms with E-state index in [4.69, 9.17) is 0 Å². The van der Waals surface area contributed by atoms with E-state index in [0.717, 1.165) is 45.6 Å². The van der Waals surface area contributed by atoms with Gasteiger partial charge in [-0.2, -0.15) is 0 Å². The zero-order chi connectivity index (χ0) is 13.3. The van der Waals surface area contributed by atoms with Crippen molar-refractivity contribution < 1.29 is 4.79 Å².